The first-order chi connectivity index (χ1) is 14.0. The molecule has 0 saturated carbocycles. The van der Waals surface area contributed by atoms with Crippen LogP contribution in [0.15, 0.2) is 50.4 Å². The molecule has 9 heteroatoms. The third-order valence-electron chi connectivity index (χ3n) is 4.49. The molecule has 7 nitrogen and oxygen atoms in total. The van der Waals surface area contributed by atoms with Gasteiger partial charge in [-0.2, -0.15) is 5.10 Å². The lowest BCUT2D eigenvalue weighted by atomic mass is 10.1. The Labute approximate surface area is 174 Å². The highest BCUT2D eigenvalue weighted by atomic mass is 32.1. The topological polar surface area (TPSA) is 90.0 Å². The molecule has 0 unspecified atom stereocenters. The van der Waals surface area contributed by atoms with Gasteiger partial charge in [0.15, 0.2) is 5.76 Å². The third-order valence-corrected chi connectivity index (χ3v) is 6.24. The van der Waals surface area contributed by atoms with Crippen LogP contribution >= 0.6 is 22.7 Å². The number of hydrogen-bond acceptors (Lipinski definition) is 7. The van der Waals surface area contributed by atoms with Gasteiger partial charge in [0.1, 0.15) is 12.2 Å². The zero-order valence-electron chi connectivity index (χ0n) is 15.8. The Hall–Kier alpha value is -3.04. The summed E-state index contributed by atoms with van der Waals surface area (Å²) < 4.78 is 6.65. The summed E-state index contributed by atoms with van der Waals surface area (Å²) in [6.45, 7) is 4.01. The van der Waals surface area contributed by atoms with E-state index in [0.29, 0.717) is 23.6 Å². The lowest BCUT2D eigenvalue weighted by Gasteiger charge is -2.10. The van der Waals surface area contributed by atoms with Crippen LogP contribution in [0.5, 0.6) is 0 Å². The van der Waals surface area contributed by atoms with Crippen molar-refractivity contribution in [1.29, 1.82) is 0 Å². The molecule has 1 N–H and O–H groups in total. The third kappa shape index (κ3) is 4.06. The predicted octanol–water partition coefficient (Wildman–Crippen LogP) is 3.62. The SMILES string of the molecule is Cc1noc(-c2cc(=O)n(CC(=O)NCc3cccs3)nc2-c2cccs2)c1C. The largest absolute Gasteiger partial charge is 0.356 e. The van der Waals surface area contributed by atoms with E-state index in [1.165, 1.54) is 22.1 Å². The molecular weight excluding hydrogens is 408 g/mol. The van der Waals surface area contributed by atoms with Crippen molar-refractivity contribution in [3.05, 3.63) is 67.6 Å². The number of carbonyl (C=O) groups is 1. The van der Waals surface area contributed by atoms with E-state index in [-0.39, 0.29) is 18.0 Å². The second-order valence-corrected chi connectivity index (χ2v) is 8.44. The van der Waals surface area contributed by atoms with Crippen LogP contribution in [0, 0.1) is 13.8 Å². The number of carbonyl (C=O) groups excluding carboxylic acids is 1. The summed E-state index contributed by atoms with van der Waals surface area (Å²) in [5.41, 5.74) is 2.40. The van der Waals surface area contributed by atoms with Crippen molar-refractivity contribution in [2.24, 2.45) is 0 Å². The molecule has 0 atom stereocenters. The first-order valence-electron chi connectivity index (χ1n) is 8.91. The van der Waals surface area contributed by atoms with E-state index in [4.69, 9.17) is 4.52 Å². The van der Waals surface area contributed by atoms with Crippen molar-refractivity contribution in [1.82, 2.24) is 20.3 Å². The highest BCUT2D eigenvalue weighted by molar-refractivity contribution is 7.13. The van der Waals surface area contributed by atoms with Crippen molar-refractivity contribution < 1.29 is 9.32 Å². The summed E-state index contributed by atoms with van der Waals surface area (Å²) in [4.78, 5) is 26.9. The Morgan fingerprint density at radius 3 is 2.66 bits per heavy atom. The van der Waals surface area contributed by atoms with Crippen molar-refractivity contribution in [2.45, 2.75) is 26.9 Å². The number of nitrogens with zero attached hydrogens (tertiary/aromatic N) is 3. The summed E-state index contributed by atoms with van der Waals surface area (Å²) >= 11 is 3.06. The molecule has 0 radical (unpaired) electrons. The van der Waals surface area contributed by atoms with E-state index in [1.807, 2.05) is 48.9 Å². The van der Waals surface area contributed by atoms with Crippen molar-refractivity contribution in [3.63, 3.8) is 0 Å². The highest BCUT2D eigenvalue weighted by Gasteiger charge is 2.20. The van der Waals surface area contributed by atoms with E-state index >= 15 is 0 Å². The molecule has 0 spiro atoms. The quantitative estimate of drug-likeness (QED) is 0.509. The molecule has 4 aromatic rings. The number of amides is 1. The van der Waals surface area contributed by atoms with Gasteiger partial charge in [0.2, 0.25) is 5.91 Å². The normalized spacial score (nSPS) is 11.0. The summed E-state index contributed by atoms with van der Waals surface area (Å²) in [5.74, 6) is 0.245. The fourth-order valence-electron chi connectivity index (χ4n) is 2.83. The second kappa shape index (κ2) is 8.14. The molecule has 1 amide bonds. The molecule has 0 aromatic carbocycles. The van der Waals surface area contributed by atoms with Crippen LogP contribution in [0.25, 0.3) is 21.9 Å². The van der Waals surface area contributed by atoms with E-state index in [0.717, 1.165) is 21.0 Å². The number of hydrogen-bond donors (Lipinski definition) is 1. The number of aryl methyl sites for hydroxylation is 1. The number of aromatic nitrogens is 3. The Bertz CT molecular complexity index is 1190. The summed E-state index contributed by atoms with van der Waals surface area (Å²) in [5, 5.41) is 15.2. The zero-order chi connectivity index (χ0) is 20.4. The van der Waals surface area contributed by atoms with Gasteiger partial charge in [-0.25, -0.2) is 4.68 Å². The van der Waals surface area contributed by atoms with Gasteiger partial charge in [-0.05, 0) is 36.7 Å². The van der Waals surface area contributed by atoms with E-state index in [2.05, 4.69) is 15.6 Å². The molecule has 0 aliphatic rings. The molecule has 29 heavy (non-hydrogen) atoms. The Kier molecular flexibility index (Phi) is 5.41. The first-order valence-corrected chi connectivity index (χ1v) is 10.7. The smallest absolute Gasteiger partial charge is 0.268 e. The number of thiophene rings is 2. The van der Waals surface area contributed by atoms with Crippen molar-refractivity contribution >= 4 is 28.6 Å². The Morgan fingerprint density at radius 1 is 1.21 bits per heavy atom. The number of rotatable bonds is 6. The average molecular weight is 427 g/mol. The highest BCUT2D eigenvalue weighted by Crippen LogP contribution is 2.34. The van der Waals surface area contributed by atoms with Crippen LogP contribution in [0.3, 0.4) is 0 Å². The molecule has 4 aromatic heterocycles. The van der Waals surface area contributed by atoms with Gasteiger partial charge in [0.25, 0.3) is 5.56 Å². The van der Waals surface area contributed by atoms with Crippen molar-refractivity contribution in [3.8, 4) is 21.9 Å². The van der Waals surface area contributed by atoms with Gasteiger partial charge < -0.3 is 9.84 Å². The maximum atomic E-state index is 12.7. The van der Waals surface area contributed by atoms with Crippen LogP contribution in [0.2, 0.25) is 0 Å². The lowest BCUT2D eigenvalue weighted by Crippen LogP contribution is -2.33. The van der Waals surface area contributed by atoms with Crippen LogP contribution < -0.4 is 10.9 Å². The molecule has 4 rings (SSSR count). The van der Waals surface area contributed by atoms with Gasteiger partial charge in [-0.1, -0.05) is 17.3 Å². The van der Waals surface area contributed by atoms with Gasteiger partial charge in [-0.3, -0.25) is 9.59 Å². The fourth-order valence-corrected chi connectivity index (χ4v) is 4.20. The summed E-state index contributed by atoms with van der Waals surface area (Å²) in [7, 11) is 0. The summed E-state index contributed by atoms with van der Waals surface area (Å²) in [6.07, 6.45) is 0. The molecule has 0 aliphatic carbocycles. The van der Waals surface area contributed by atoms with Crippen LogP contribution in [-0.4, -0.2) is 20.8 Å². The van der Waals surface area contributed by atoms with Gasteiger partial charge in [0, 0.05) is 16.5 Å². The van der Waals surface area contributed by atoms with Gasteiger partial charge >= 0.3 is 0 Å². The minimum Gasteiger partial charge on any atom is -0.356 e. The minimum atomic E-state index is -0.375. The maximum Gasteiger partial charge on any atom is 0.268 e. The molecule has 0 fully saturated rings. The zero-order valence-corrected chi connectivity index (χ0v) is 17.5. The molecule has 148 valence electrons. The lowest BCUT2D eigenvalue weighted by molar-refractivity contribution is -0.122. The minimum absolute atomic E-state index is 0.155. The molecule has 0 bridgehead atoms. The average Bonchev–Trinajstić information content (AvgIpc) is 3.46. The fraction of sp³-hybridized carbons (Fsp3) is 0.200. The van der Waals surface area contributed by atoms with Crippen LogP contribution in [0.1, 0.15) is 16.1 Å². The predicted molar refractivity (Wildman–Crippen MR) is 113 cm³/mol. The van der Waals surface area contributed by atoms with E-state index < -0.39 is 0 Å². The van der Waals surface area contributed by atoms with Gasteiger partial charge in [0.05, 0.1) is 22.7 Å². The van der Waals surface area contributed by atoms with Crippen LogP contribution in [0.4, 0.5) is 0 Å². The molecule has 0 aliphatic heterocycles. The van der Waals surface area contributed by atoms with E-state index in [1.54, 1.807) is 11.3 Å². The summed E-state index contributed by atoms with van der Waals surface area (Å²) in [6, 6.07) is 9.16. The standard InChI is InChI=1S/C20H18N4O3S2/c1-12-13(2)23-27-20(12)15-9-18(26)24(22-19(15)16-6-4-8-29-16)11-17(25)21-10-14-5-3-7-28-14/h3-9H,10-11H2,1-2H3,(H,21,25). The Balaban J connectivity index is 1.67. The Morgan fingerprint density at radius 2 is 2.00 bits per heavy atom. The number of nitrogens with one attached hydrogen (secondary N) is 1. The molecule has 4 heterocycles. The first kappa shape index (κ1) is 19.3. The maximum absolute atomic E-state index is 12.7. The second-order valence-electron chi connectivity index (χ2n) is 6.46. The molecule has 0 saturated heterocycles. The molecular formula is C20H18N4O3S2. The monoisotopic (exact) mass is 426 g/mol. The van der Waals surface area contributed by atoms with E-state index in [9.17, 15) is 9.59 Å². The van der Waals surface area contributed by atoms with Crippen molar-refractivity contribution in [2.75, 3.05) is 0 Å². The van der Waals surface area contributed by atoms with Crippen LogP contribution in [-0.2, 0) is 17.9 Å². The van der Waals surface area contributed by atoms with Gasteiger partial charge in [-0.15, -0.1) is 22.7 Å².